The van der Waals surface area contributed by atoms with Gasteiger partial charge in [-0.25, -0.2) is 0 Å². The second-order valence-electron chi connectivity index (χ2n) is 0.289. The average molecular weight is 75.0 g/mol. The van der Waals surface area contributed by atoms with Gasteiger partial charge in [0.15, 0.2) is 0 Å². The Morgan fingerprint density at radius 2 is 1.40 bits per heavy atom. The van der Waals surface area contributed by atoms with Crippen LogP contribution in [0.5, 0.6) is 0 Å². The number of hydrogen-bond acceptors (Lipinski definition) is 1. The maximum atomic E-state index is 3.40. The summed E-state index contributed by atoms with van der Waals surface area (Å²) >= 11 is 1.50. The zero-order valence-electron chi connectivity index (χ0n) is 4.12. The zero-order chi connectivity index (χ0) is 2.71. The first-order chi connectivity index (χ1) is 1.41. The van der Waals surface area contributed by atoms with Crippen molar-refractivity contribution < 1.29 is 37.7 Å². The smallest absolute Gasteiger partial charge is 0.357 e. The van der Waals surface area contributed by atoms with Gasteiger partial charge in [-0.1, -0.05) is 0 Å². The molecule has 0 unspecified atom stereocenters. The van der Waals surface area contributed by atoms with E-state index in [-0.39, 0.29) is 37.7 Å². The molecule has 0 aromatic heterocycles. The van der Waals surface area contributed by atoms with Gasteiger partial charge in [0.2, 0.25) is 0 Å². The maximum absolute atomic E-state index is 3.40. The fraction of sp³-hybridized carbons (Fsp3) is 0.500. The van der Waals surface area contributed by atoms with Crippen molar-refractivity contribution in [1.82, 2.24) is 0 Å². The summed E-state index contributed by atoms with van der Waals surface area (Å²) in [7, 11) is 0. The summed E-state index contributed by atoms with van der Waals surface area (Å²) in [4.78, 5) is 0. The Morgan fingerprint density at radius 3 is 1.40 bits per heavy atom. The molecule has 0 aliphatic carbocycles. The van der Waals surface area contributed by atoms with E-state index in [2.05, 4.69) is 6.26 Å². The van der Waals surface area contributed by atoms with Crippen LogP contribution in [0.15, 0.2) is 0 Å². The van der Waals surface area contributed by atoms with Crippen molar-refractivity contribution in [1.29, 1.82) is 0 Å². The molecule has 0 aromatic carbocycles. The molecular formula is C2H5Li2S+. The maximum Gasteiger partial charge on any atom is 1.00 e. The van der Waals surface area contributed by atoms with Crippen molar-refractivity contribution in [3.05, 3.63) is 6.26 Å². The van der Waals surface area contributed by atoms with Crippen molar-refractivity contribution in [2.24, 2.45) is 0 Å². The first-order valence-electron chi connectivity index (χ1n) is 0.697. The van der Waals surface area contributed by atoms with Crippen LogP contribution < -0.4 is 37.7 Å². The minimum absolute atomic E-state index is 0. The third-order valence-corrected chi connectivity index (χ3v) is 0. The summed E-state index contributed by atoms with van der Waals surface area (Å²) in [6, 6.07) is 0. The number of rotatable bonds is 0. The molecule has 0 amide bonds. The molecule has 0 bridgehead atoms. The zero-order valence-corrected chi connectivity index (χ0v) is 4.93. The topological polar surface area (TPSA) is 0 Å². The minimum atomic E-state index is 0. The summed E-state index contributed by atoms with van der Waals surface area (Å²) < 4.78 is 0. The Bertz CT molecular complexity index is 7.61. The second kappa shape index (κ2) is 17.7. The molecule has 0 heterocycles. The third-order valence-electron chi connectivity index (χ3n) is 0. The van der Waals surface area contributed by atoms with E-state index in [1.807, 2.05) is 6.26 Å². The predicted molar refractivity (Wildman–Crippen MR) is 18.9 cm³/mol. The van der Waals surface area contributed by atoms with Crippen LogP contribution in [0, 0.1) is 6.26 Å². The van der Waals surface area contributed by atoms with Crippen LogP contribution in [0.2, 0.25) is 0 Å². The van der Waals surface area contributed by atoms with Gasteiger partial charge in [0.25, 0.3) is 0 Å². The van der Waals surface area contributed by atoms with Crippen molar-refractivity contribution in [2.45, 2.75) is 0 Å². The molecule has 0 spiro atoms. The van der Waals surface area contributed by atoms with E-state index in [1.165, 1.54) is 11.8 Å². The Kier molecular flexibility index (Phi) is 56.6. The molecule has 0 aromatic rings. The quantitative estimate of drug-likeness (QED) is 0.205. The molecule has 0 aliphatic heterocycles. The normalized spacial score (nSPS) is 3.60. The van der Waals surface area contributed by atoms with Crippen molar-refractivity contribution in [3.8, 4) is 0 Å². The van der Waals surface area contributed by atoms with Crippen molar-refractivity contribution in [2.75, 3.05) is 6.26 Å². The van der Waals surface area contributed by atoms with E-state index in [4.69, 9.17) is 0 Å². The molecule has 0 saturated heterocycles. The standard InChI is InChI=1S/C2H5S.2Li/c1-3-2;;/h1H2,2H3;;/q-1;2*+1. The van der Waals surface area contributed by atoms with E-state index >= 15 is 0 Å². The summed E-state index contributed by atoms with van der Waals surface area (Å²) in [5.41, 5.74) is 0. The van der Waals surface area contributed by atoms with Crippen molar-refractivity contribution >= 4 is 11.8 Å². The predicted octanol–water partition coefficient (Wildman–Crippen LogP) is -4.85. The Labute approximate surface area is 61.8 Å². The Balaban J connectivity index is -0.0000000200. The van der Waals surface area contributed by atoms with Gasteiger partial charge < -0.3 is 11.8 Å². The molecule has 0 saturated carbocycles. The Morgan fingerprint density at radius 1 is 1.40 bits per heavy atom. The fourth-order valence-corrected chi connectivity index (χ4v) is 0. The van der Waals surface area contributed by atoms with Gasteiger partial charge in [-0.2, -0.15) is 0 Å². The monoisotopic (exact) mass is 75.0 g/mol. The third kappa shape index (κ3) is 29.2. The van der Waals surface area contributed by atoms with Crippen LogP contribution in [-0.2, 0) is 0 Å². The van der Waals surface area contributed by atoms with E-state index in [0.717, 1.165) is 0 Å². The van der Waals surface area contributed by atoms with Crippen molar-refractivity contribution in [3.63, 3.8) is 0 Å². The first kappa shape index (κ1) is 16.0. The number of thioether (sulfide) groups is 1. The summed E-state index contributed by atoms with van der Waals surface area (Å²) in [6.07, 6.45) is 5.33. The van der Waals surface area contributed by atoms with Gasteiger partial charge >= 0.3 is 37.7 Å². The van der Waals surface area contributed by atoms with Crippen LogP contribution in [0.3, 0.4) is 0 Å². The Hall–Kier alpha value is 1.54. The molecular weight excluding hydrogens is 70.0 g/mol. The van der Waals surface area contributed by atoms with Crippen LogP contribution in [-0.4, -0.2) is 6.26 Å². The number of hydrogen-bond donors (Lipinski definition) is 0. The summed E-state index contributed by atoms with van der Waals surface area (Å²) in [6.45, 7) is 0. The average Bonchev–Trinajstić information content (AvgIpc) is 0.918. The molecule has 0 nitrogen and oxygen atoms in total. The van der Waals surface area contributed by atoms with Crippen LogP contribution >= 0.6 is 11.8 Å². The second-order valence-corrected chi connectivity index (χ2v) is 0.866. The first-order valence-corrected chi connectivity index (χ1v) is 2.09. The fourth-order valence-electron chi connectivity index (χ4n) is 0. The SMILES string of the molecule is [CH2-]SC.[Li+].[Li+]. The van der Waals surface area contributed by atoms with Gasteiger partial charge in [-0.05, 0) is 6.26 Å². The van der Waals surface area contributed by atoms with Crippen LogP contribution in [0.25, 0.3) is 0 Å². The summed E-state index contributed by atoms with van der Waals surface area (Å²) in [5, 5.41) is 0. The van der Waals surface area contributed by atoms with Gasteiger partial charge in [0.05, 0.1) is 0 Å². The molecule has 0 N–H and O–H groups in total. The molecule has 0 rings (SSSR count). The molecule has 20 valence electrons. The van der Waals surface area contributed by atoms with E-state index in [0.29, 0.717) is 0 Å². The van der Waals surface area contributed by atoms with E-state index in [9.17, 15) is 0 Å². The van der Waals surface area contributed by atoms with Gasteiger partial charge in [0, 0.05) is 0 Å². The van der Waals surface area contributed by atoms with Gasteiger partial charge in [0.1, 0.15) is 0 Å². The van der Waals surface area contributed by atoms with E-state index in [1.54, 1.807) is 0 Å². The molecule has 5 heavy (non-hydrogen) atoms. The minimum Gasteiger partial charge on any atom is -0.357 e. The van der Waals surface area contributed by atoms with Gasteiger partial charge in [-0.3, -0.25) is 6.26 Å². The van der Waals surface area contributed by atoms with Crippen LogP contribution in [0.4, 0.5) is 0 Å². The molecule has 0 fully saturated rings. The van der Waals surface area contributed by atoms with Gasteiger partial charge in [-0.15, -0.1) is 0 Å². The molecule has 3 heteroatoms. The molecule has 0 aliphatic rings. The molecule has 0 atom stereocenters. The largest absolute Gasteiger partial charge is 1.00 e. The van der Waals surface area contributed by atoms with Crippen LogP contribution in [0.1, 0.15) is 0 Å². The summed E-state index contributed by atoms with van der Waals surface area (Å²) in [5.74, 6) is 0. The van der Waals surface area contributed by atoms with E-state index < -0.39 is 0 Å². The molecule has 0 radical (unpaired) electrons.